The predicted octanol–water partition coefficient (Wildman–Crippen LogP) is 2.31. The van der Waals surface area contributed by atoms with Crippen LogP contribution in [0.1, 0.15) is 48.1 Å². The van der Waals surface area contributed by atoms with Crippen LogP contribution < -0.4 is 4.72 Å². The third-order valence-corrected chi connectivity index (χ3v) is 5.84. The van der Waals surface area contributed by atoms with Crippen LogP contribution in [0, 0.1) is 25.7 Å². The number of rotatable bonds is 5. The number of aromatic carboxylic acids is 1. The highest BCUT2D eigenvalue weighted by Crippen LogP contribution is 2.31. The van der Waals surface area contributed by atoms with E-state index in [9.17, 15) is 18.3 Å². The van der Waals surface area contributed by atoms with Gasteiger partial charge in [0.15, 0.2) is 0 Å². The van der Waals surface area contributed by atoms with E-state index in [4.69, 9.17) is 4.42 Å². The second kappa shape index (κ2) is 5.81. The number of furan rings is 1. The molecule has 1 aliphatic rings. The van der Waals surface area contributed by atoms with Crippen molar-refractivity contribution in [1.29, 1.82) is 0 Å². The molecule has 7 heteroatoms. The van der Waals surface area contributed by atoms with Gasteiger partial charge in [0.05, 0.1) is 0 Å². The molecule has 0 aliphatic heterocycles. The molecule has 2 atom stereocenters. The van der Waals surface area contributed by atoms with Crippen LogP contribution >= 0.6 is 0 Å². The van der Waals surface area contributed by atoms with Crippen LogP contribution in [0.4, 0.5) is 0 Å². The summed E-state index contributed by atoms with van der Waals surface area (Å²) < 4.78 is 32.6. The summed E-state index contributed by atoms with van der Waals surface area (Å²) in [4.78, 5) is 11.0. The zero-order valence-corrected chi connectivity index (χ0v) is 13.3. The molecule has 2 unspecified atom stereocenters. The molecule has 1 aliphatic carbocycles. The Bertz CT molecular complexity index is 647. The normalized spacial score (nSPS) is 22.6. The first-order chi connectivity index (χ1) is 9.74. The van der Waals surface area contributed by atoms with E-state index in [-0.39, 0.29) is 22.0 Å². The first-order valence-corrected chi connectivity index (χ1v) is 8.55. The van der Waals surface area contributed by atoms with E-state index >= 15 is 0 Å². The number of hydrogen-bond acceptors (Lipinski definition) is 4. The maximum atomic E-state index is 12.4. The summed E-state index contributed by atoms with van der Waals surface area (Å²) in [6, 6.07) is 0. The van der Waals surface area contributed by atoms with Gasteiger partial charge in [-0.3, -0.25) is 0 Å². The molecule has 0 spiro atoms. The van der Waals surface area contributed by atoms with E-state index in [0.29, 0.717) is 18.4 Å². The highest BCUT2D eigenvalue weighted by Gasteiger charge is 2.32. The van der Waals surface area contributed by atoms with Crippen molar-refractivity contribution in [2.75, 3.05) is 6.54 Å². The van der Waals surface area contributed by atoms with Gasteiger partial charge in [0.2, 0.25) is 10.0 Å². The summed E-state index contributed by atoms with van der Waals surface area (Å²) in [5.74, 6) is -0.286. The minimum Gasteiger partial charge on any atom is -0.478 e. The first kappa shape index (κ1) is 16.0. The lowest BCUT2D eigenvalue weighted by Crippen LogP contribution is -2.31. The molecule has 2 N–H and O–H groups in total. The van der Waals surface area contributed by atoms with E-state index in [1.54, 1.807) is 0 Å². The largest absolute Gasteiger partial charge is 0.478 e. The number of nitrogens with one attached hydrogen (secondary N) is 1. The lowest BCUT2D eigenvalue weighted by atomic mass is 9.99. The van der Waals surface area contributed by atoms with Gasteiger partial charge in [0.1, 0.15) is 22.0 Å². The fraction of sp³-hybridized carbons (Fsp3) is 0.643. The van der Waals surface area contributed by atoms with E-state index in [0.717, 1.165) is 19.3 Å². The quantitative estimate of drug-likeness (QED) is 0.869. The van der Waals surface area contributed by atoms with Crippen LogP contribution in [-0.4, -0.2) is 26.0 Å². The van der Waals surface area contributed by atoms with Crippen LogP contribution in [0.2, 0.25) is 0 Å². The molecule has 0 aromatic carbocycles. The first-order valence-electron chi connectivity index (χ1n) is 7.07. The van der Waals surface area contributed by atoms with E-state index in [2.05, 4.69) is 11.6 Å². The van der Waals surface area contributed by atoms with Crippen LogP contribution in [0.5, 0.6) is 0 Å². The van der Waals surface area contributed by atoms with Gasteiger partial charge in [-0.2, -0.15) is 0 Å². The van der Waals surface area contributed by atoms with Gasteiger partial charge < -0.3 is 9.52 Å². The smallest absolute Gasteiger partial charge is 0.340 e. The maximum absolute atomic E-state index is 12.4. The van der Waals surface area contributed by atoms with E-state index < -0.39 is 16.0 Å². The van der Waals surface area contributed by atoms with Crippen LogP contribution in [0.25, 0.3) is 0 Å². The second-order valence-electron chi connectivity index (χ2n) is 5.74. The Hall–Kier alpha value is -1.34. The molecule has 0 bridgehead atoms. The Balaban J connectivity index is 2.25. The van der Waals surface area contributed by atoms with Crippen molar-refractivity contribution in [2.24, 2.45) is 11.8 Å². The van der Waals surface area contributed by atoms with Crippen molar-refractivity contribution in [2.45, 2.75) is 44.9 Å². The van der Waals surface area contributed by atoms with Gasteiger partial charge >= 0.3 is 5.97 Å². The summed E-state index contributed by atoms with van der Waals surface area (Å²) in [7, 11) is -3.88. The molecule has 1 aromatic heterocycles. The van der Waals surface area contributed by atoms with Crippen LogP contribution in [0.3, 0.4) is 0 Å². The highest BCUT2D eigenvalue weighted by molar-refractivity contribution is 7.89. The number of carboxylic acids is 1. The third-order valence-electron chi connectivity index (χ3n) is 4.26. The molecule has 0 amide bonds. The van der Waals surface area contributed by atoms with Gasteiger partial charge in [0.25, 0.3) is 0 Å². The molecule has 0 saturated heterocycles. The Labute approximate surface area is 124 Å². The maximum Gasteiger partial charge on any atom is 0.340 e. The number of carboxylic acid groups (broad SMARTS) is 1. The molecular formula is C14H21NO5S. The molecule has 0 radical (unpaired) electrons. The Morgan fingerprint density at radius 2 is 2.00 bits per heavy atom. The summed E-state index contributed by atoms with van der Waals surface area (Å²) >= 11 is 0. The molecule has 21 heavy (non-hydrogen) atoms. The average Bonchev–Trinajstić information content (AvgIpc) is 2.90. The van der Waals surface area contributed by atoms with E-state index in [1.165, 1.54) is 13.8 Å². The fourth-order valence-corrected chi connectivity index (χ4v) is 4.55. The second-order valence-corrected chi connectivity index (χ2v) is 7.45. The molecule has 1 fully saturated rings. The summed E-state index contributed by atoms with van der Waals surface area (Å²) in [5, 5.41) is 9.19. The van der Waals surface area contributed by atoms with Gasteiger partial charge in [-0.25, -0.2) is 17.9 Å². The lowest BCUT2D eigenvalue weighted by Gasteiger charge is -2.16. The Kier molecular flexibility index (Phi) is 4.43. The molecule has 1 aromatic rings. The topological polar surface area (TPSA) is 96.6 Å². The summed E-state index contributed by atoms with van der Waals surface area (Å²) in [6.45, 7) is 5.37. The van der Waals surface area contributed by atoms with Gasteiger partial charge in [0, 0.05) is 6.54 Å². The van der Waals surface area contributed by atoms with Gasteiger partial charge in [-0.1, -0.05) is 19.8 Å². The minimum absolute atomic E-state index is 0.106. The minimum atomic E-state index is -3.88. The van der Waals surface area contributed by atoms with Crippen molar-refractivity contribution in [1.82, 2.24) is 4.72 Å². The summed E-state index contributed by atoms with van der Waals surface area (Å²) in [6.07, 6.45) is 3.22. The fourth-order valence-electron chi connectivity index (χ4n) is 3.05. The van der Waals surface area contributed by atoms with Crippen LogP contribution in [0.15, 0.2) is 9.31 Å². The van der Waals surface area contributed by atoms with Crippen molar-refractivity contribution in [3.8, 4) is 0 Å². The van der Waals surface area contributed by atoms with Gasteiger partial charge in [-0.05, 0) is 32.1 Å². The average molecular weight is 315 g/mol. The lowest BCUT2D eigenvalue weighted by molar-refractivity contribution is 0.0691. The Morgan fingerprint density at radius 3 is 2.52 bits per heavy atom. The third kappa shape index (κ3) is 3.13. The van der Waals surface area contributed by atoms with Crippen molar-refractivity contribution in [3.63, 3.8) is 0 Å². The zero-order chi connectivity index (χ0) is 15.8. The predicted molar refractivity (Wildman–Crippen MR) is 76.8 cm³/mol. The highest BCUT2D eigenvalue weighted by atomic mass is 32.2. The van der Waals surface area contributed by atoms with Crippen molar-refractivity contribution in [3.05, 3.63) is 17.1 Å². The standard InChI is InChI=1S/C14H21NO5S/c1-8-5-4-6-11(8)7-15-21(18,19)13-10(3)20-9(2)12(13)14(16)17/h8,11,15H,4-7H2,1-3H3,(H,16,17). The van der Waals surface area contributed by atoms with E-state index in [1.807, 2.05) is 0 Å². The molecule has 2 rings (SSSR count). The molecular weight excluding hydrogens is 294 g/mol. The number of hydrogen-bond donors (Lipinski definition) is 2. The summed E-state index contributed by atoms with van der Waals surface area (Å²) in [5.41, 5.74) is -0.278. The molecule has 6 nitrogen and oxygen atoms in total. The number of sulfonamides is 1. The number of carbonyl (C=O) groups is 1. The SMILES string of the molecule is Cc1oc(C)c(S(=O)(=O)NCC2CCCC2C)c1C(=O)O. The number of aryl methyl sites for hydroxylation is 2. The monoisotopic (exact) mass is 315 g/mol. The van der Waals surface area contributed by atoms with Crippen molar-refractivity contribution < 1.29 is 22.7 Å². The molecule has 1 heterocycles. The van der Waals surface area contributed by atoms with Gasteiger partial charge in [-0.15, -0.1) is 0 Å². The Morgan fingerprint density at radius 1 is 1.33 bits per heavy atom. The van der Waals surface area contributed by atoms with Crippen LogP contribution in [-0.2, 0) is 10.0 Å². The molecule has 1 saturated carbocycles. The molecule has 118 valence electrons. The zero-order valence-electron chi connectivity index (χ0n) is 12.5. The van der Waals surface area contributed by atoms with Crippen molar-refractivity contribution >= 4 is 16.0 Å².